The summed E-state index contributed by atoms with van der Waals surface area (Å²) in [6, 6.07) is 7.73. The number of aromatic nitrogens is 4. The van der Waals surface area contributed by atoms with Crippen molar-refractivity contribution in [3.63, 3.8) is 0 Å². The second kappa shape index (κ2) is 4.85. The molecule has 0 atom stereocenters. The van der Waals surface area contributed by atoms with Crippen molar-refractivity contribution in [2.24, 2.45) is 0 Å². The van der Waals surface area contributed by atoms with Crippen molar-refractivity contribution in [3.05, 3.63) is 47.6 Å². The van der Waals surface area contributed by atoms with E-state index in [-0.39, 0.29) is 0 Å². The molecule has 0 aliphatic carbocycles. The van der Waals surface area contributed by atoms with Crippen LogP contribution in [0.3, 0.4) is 0 Å². The van der Waals surface area contributed by atoms with Gasteiger partial charge < -0.3 is 4.74 Å². The molecule has 3 aromatic rings. The average Bonchev–Trinajstić information content (AvgIpc) is 2.92. The summed E-state index contributed by atoms with van der Waals surface area (Å²) in [7, 11) is 1.63. The van der Waals surface area contributed by atoms with Gasteiger partial charge >= 0.3 is 0 Å². The fourth-order valence-electron chi connectivity index (χ4n) is 1.89. The molecule has 0 aliphatic heterocycles. The molecule has 2 heterocycles. The third-order valence-corrected chi connectivity index (χ3v) is 3.18. The Balaban J connectivity index is 2.04. The van der Waals surface area contributed by atoms with E-state index in [4.69, 9.17) is 16.3 Å². The number of nitrogens with zero attached hydrogens (tertiary/aromatic N) is 4. The molecule has 0 aliphatic rings. The zero-order valence-electron chi connectivity index (χ0n) is 10.2. The van der Waals surface area contributed by atoms with Crippen LogP contribution in [0.25, 0.3) is 10.9 Å². The summed E-state index contributed by atoms with van der Waals surface area (Å²) in [6.07, 6.45) is 3.14. The SMILES string of the molecule is COc1ccc2cc(Cn3cncn3)c(Cl)nc2c1. The van der Waals surface area contributed by atoms with Gasteiger partial charge in [-0.15, -0.1) is 0 Å². The second-order valence-electron chi connectivity index (χ2n) is 4.09. The van der Waals surface area contributed by atoms with Crippen LogP contribution in [0.4, 0.5) is 0 Å². The predicted octanol–water partition coefficient (Wildman–Crippen LogP) is 2.54. The molecule has 19 heavy (non-hydrogen) atoms. The van der Waals surface area contributed by atoms with Crippen LogP contribution in [0.2, 0.25) is 5.15 Å². The number of benzene rings is 1. The highest BCUT2D eigenvalue weighted by Crippen LogP contribution is 2.24. The van der Waals surface area contributed by atoms with Crippen LogP contribution >= 0.6 is 11.6 Å². The van der Waals surface area contributed by atoms with Crippen molar-refractivity contribution in [3.8, 4) is 5.75 Å². The molecule has 0 fully saturated rings. The first-order valence-electron chi connectivity index (χ1n) is 5.72. The van der Waals surface area contributed by atoms with E-state index >= 15 is 0 Å². The number of ether oxygens (including phenoxy) is 1. The predicted molar refractivity (Wildman–Crippen MR) is 72.4 cm³/mol. The molecular weight excluding hydrogens is 264 g/mol. The van der Waals surface area contributed by atoms with Gasteiger partial charge in [0.15, 0.2) is 0 Å². The lowest BCUT2D eigenvalue weighted by molar-refractivity contribution is 0.415. The van der Waals surface area contributed by atoms with Gasteiger partial charge in [0.1, 0.15) is 23.6 Å². The molecule has 0 spiro atoms. The van der Waals surface area contributed by atoms with Crippen LogP contribution in [-0.2, 0) is 6.54 Å². The third-order valence-electron chi connectivity index (χ3n) is 2.85. The number of methoxy groups -OCH3 is 1. The Morgan fingerprint density at radius 2 is 2.21 bits per heavy atom. The molecular formula is C13H11ClN4O. The first-order chi connectivity index (χ1) is 9.26. The van der Waals surface area contributed by atoms with Gasteiger partial charge in [0.2, 0.25) is 0 Å². The molecule has 0 saturated heterocycles. The number of halogens is 1. The highest BCUT2D eigenvalue weighted by atomic mass is 35.5. The Kier molecular flexibility index (Phi) is 3.05. The van der Waals surface area contributed by atoms with E-state index in [1.54, 1.807) is 18.1 Å². The van der Waals surface area contributed by atoms with Gasteiger partial charge in [-0.3, -0.25) is 0 Å². The summed E-state index contributed by atoms with van der Waals surface area (Å²) < 4.78 is 6.88. The van der Waals surface area contributed by atoms with E-state index in [0.717, 1.165) is 22.2 Å². The summed E-state index contributed by atoms with van der Waals surface area (Å²) >= 11 is 6.20. The van der Waals surface area contributed by atoms with Gasteiger partial charge in [0.25, 0.3) is 0 Å². The van der Waals surface area contributed by atoms with Crippen molar-refractivity contribution >= 4 is 22.5 Å². The van der Waals surface area contributed by atoms with Crippen LogP contribution in [0.5, 0.6) is 5.75 Å². The van der Waals surface area contributed by atoms with Gasteiger partial charge in [0.05, 0.1) is 19.2 Å². The molecule has 5 nitrogen and oxygen atoms in total. The summed E-state index contributed by atoms with van der Waals surface area (Å²) in [6.45, 7) is 0.549. The summed E-state index contributed by atoms with van der Waals surface area (Å²) in [5, 5.41) is 5.54. The fraction of sp³-hybridized carbons (Fsp3) is 0.154. The molecule has 2 aromatic heterocycles. The highest BCUT2D eigenvalue weighted by molar-refractivity contribution is 6.30. The summed E-state index contributed by atoms with van der Waals surface area (Å²) in [5.41, 5.74) is 1.72. The van der Waals surface area contributed by atoms with E-state index in [1.165, 1.54) is 6.33 Å². The number of fused-ring (bicyclic) bond motifs is 1. The van der Waals surface area contributed by atoms with Gasteiger partial charge in [-0.05, 0) is 18.2 Å². The molecule has 0 amide bonds. The van der Waals surface area contributed by atoms with Crippen LogP contribution in [0.15, 0.2) is 36.9 Å². The van der Waals surface area contributed by atoms with Gasteiger partial charge in [-0.1, -0.05) is 11.6 Å². The Hall–Kier alpha value is -2.14. The lowest BCUT2D eigenvalue weighted by Gasteiger charge is -2.07. The van der Waals surface area contributed by atoms with E-state index in [1.807, 2.05) is 24.3 Å². The molecule has 6 heteroatoms. The molecule has 96 valence electrons. The standard InChI is InChI=1S/C13H11ClN4O/c1-19-11-3-2-9-4-10(6-18-8-15-7-16-18)13(14)17-12(9)5-11/h2-5,7-8H,6H2,1H3. The summed E-state index contributed by atoms with van der Waals surface area (Å²) in [4.78, 5) is 8.29. The van der Waals surface area contributed by atoms with Crippen LogP contribution in [0.1, 0.15) is 5.56 Å². The van der Waals surface area contributed by atoms with Crippen molar-refractivity contribution < 1.29 is 4.74 Å². The van der Waals surface area contributed by atoms with E-state index in [2.05, 4.69) is 15.1 Å². The maximum atomic E-state index is 6.20. The number of pyridine rings is 1. The van der Waals surface area contributed by atoms with Crippen molar-refractivity contribution in [2.75, 3.05) is 7.11 Å². The maximum Gasteiger partial charge on any atom is 0.137 e. The molecule has 0 saturated carbocycles. The van der Waals surface area contributed by atoms with E-state index in [9.17, 15) is 0 Å². The molecule has 3 rings (SSSR count). The molecule has 0 bridgehead atoms. The fourth-order valence-corrected chi connectivity index (χ4v) is 2.10. The first kappa shape index (κ1) is 11.9. The van der Waals surface area contributed by atoms with E-state index in [0.29, 0.717) is 11.7 Å². The van der Waals surface area contributed by atoms with Gasteiger partial charge in [0, 0.05) is 17.0 Å². The minimum absolute atomic E-state index is 0.469. The minimum Gasteiger partial charge on any atom is -0.497 e. The van der Waals surface area contributed by atoms with Crippen LogP contribution in [-0.4, -0.2) is 26.9 Å². The number of hydrogen-bond acceptors (Lipinski definition) is 4. The van der Waals surface area contributed by atoms with Crippen molar-refractivity contribution in [1.29, 1.82) is 0 Å². The van der Waals surface area contributed by atoms with Gasteiger partial charge in [-0.25, -0.2) is 14.6 Å². The normalized spacial score (nSPS) is 10.8. The Bertz CT molecular complexity index is 712. The number of hydrogen-bond donors (Lipinski definition) is 0. The second-order valence-corrected chi connectivity index (χ2v) is 4.45. The molecule has 1 aromatic carbocycles. The van der Waals surface area contributed by atoms with Crippen LogP contribution in [0, 0.1) is 0 Å². The topological polar surface area (TPSA) is 52.8 Å². The minimum atomic E-state index is 0.469. The number of rotatable bonds is 3. The Morgan fingerprint density at radius 3 is 2.95 bits per heavy atom. The maximum absolute atomic E-state index is 6.20. The molecule has 0 N–H and O–H groups in total. The average molecular weight is 275 g/mol. The largest absolute Gasteiger partial charge is 0.497 e. The van der Waals surface area contributed by atoms with Crippen molar-refractivity contribution in [1.82, 2.24) is 19.7 Å². The quantitative estimate of drug-likeness (QED) is 0.689. The van der Waals surface area contributed by atoms with Crippen molar-refractivity contribution in [2.45, 2.75) is 6.54 Å². The lowest BCUT2D eigenvalue weighted by atomic mass is 10.1. The highest BCUT2D eigenvalue weighted by Gasteiger charge is 2.07. The summed E-state index contributed by atoms with van der Waals surface area (Å²) in [5.74, 6) is 0.764. The zero-order valence-corrected chi connectivity index (χ0v) is 11.0. The first-order valence-corrected chi connectivity index (χ1v) is 6.09. The molecule has 0 unspecified atom stereocenters. The third kappa shape index (κ3) is 2.37. The lowest BCUT2D eigenvalue weighted by Crippen LogP contribution is -2.01. The smallest absolute Gasteiger partial charge is 0.137 e. The van der Waals surface area contributed by atoms with E-state index < -0.39 is 0 Å². The molecule has 0 radical (unpaired) electrons. The Morgan fingerprint density at radius 1 is 1.32 bits per heavy atom. The Labute approximate surface area is 114 Å². The van der Waals surface area contributed by atoms with Crippen LogP contribution < -0.4 is 4.74 Å². The van der Waals surface area contributed by atoms with Gasteiger partial charge in [-0.2, -0.15) is 5.10 Å². The zero-order chi connectivity index (χ0) is 13.2. The monoisotopic (exact) mass is 274 g/mol.